The molecule has 4 rings (SSSR count). The highest BCUT2D eigenvalue weighted by Crippen LogP contribution is 2.45. The van der Waals surface area contributed by atoms with Crippen molar-refractivity contribution in [2.75, 3.05) is 6.54 Å². The van der Waals surface area contributed by atoms with E-state index >= 15 is 0 Å². The van der Waals surface area contributed by atoms with Gasteiger partial charge in [0.2, 0.25) is 5.79 Å². The summed E-state index contributed by atoms with van der Waals surface area (Å²) in [6, 6.07) is 0.0735. The summed E-state index contributed by atoms with van der Waals surface area (Å²) in [5.41, 5.74) is -0.819. The van der Waals surface area contributed by atoms with Gasteiger partial charge >= 0.3 is 0 Å². The van der Waals surface area contributed by atoms with Crippen molar-refractivity contribution in [3.63, 3.8) is 0 Å². The molecule has 3 fully saturated rings. The zero-order valence-corrected chi connectivity index (χ0v) is 36.0. The number of carbonyl (C=O) groups excluding carboxylic acids is 1. The van der Waals surface area contributed by atoms with Crippen LogP contribution in [0.25, 0.3) is 0 Å². The molecule has 0 aromatic heterocycles. The molecule has 11 heteroatoms. The van der Waals surface area contributed by atoms with Gasteiger partial charge in [0, 0.05) is 41.5 Å². The number of ketones is 1. The molecule has 18 atom stereocenters. The van der Waals surface area contributed by atoms with Crippen molar-refractivity contribution in [3.05, 3.63) is 12.2 Å². The molecule has 0 bridgehead atoms. The Balaban J connectivity index is 1.54. The van der Waals surface area contributed by atoms with Gasteiger partial charge in [-0.25, -0.2) is 4.89 Å². The minimum Gasteiger partial charge on any atom is -0.392 e. The normalized spacial score (nSPS) is 41.7. The number of nitrogens with one attached hydrogen (secondary N) is 1. The largest absolute Gasteiger partial charge is 0.392 e. The molecule has 55 heavy (non-hydrogen) atoms. The van der Waals surface area contributed by atoms with Crippen molar-refractivity contribution >= 4 is 5.78 Å². The highest BCUT2D eigenvalue weighted by Gasteiger charge is 2.52. The van der Waals surface area contributed by atoms with E-state index in [1.54, 1.807) is 0 Å². The van der Waals surface area contributed by atoms with E-state index in [9.17, 15) is 25.2 Å². The Kier molecular flexibility index (Phi) is 17.3. The second kappa shape index (κ2) is 20.3. The fourth-order valence-corrected chi connectivity index (χ4v) is 10.3. The number of carbonyl (C=O) groups is 1. The van der Waals surface area contributed by atoms with Crippen LogP contribution in [-0.2, 0) is 28.8 Å². The Morgan fingerprint density at radius 2 is 1.55 bits per heavy atom. The molecule has 0 amide bonds. The van der Waals surface area contributed by atoms with Crippen molar-refractivity contribution in [2.24, 2.45) is 47.3 Å². The van der Waals surface area contributed by atoms with Gasteiger partial charge in [-0.3, -0.25) is 4.79 Å². The molecule has 0 saturated carbocycles. The third-order valence-corrected chi connectivity index (χ3v) is 14.5. The number of Topliss-reactive ketones (excluding diaryl/α,β-unsaturated/α-hetero) is 1. The van der Waals surface area contributed by atoms with Crippen LogP contribution in [0.5, 0.6) is 0 Å². The molecule has 1 spiro atoms. The molecule has 3 saturated heterocycles. The van der Waals surface area contributed by atoms with Gasteiger partial charge in [0.25, 0.3) is 0 Å². The first-order valence-corrected chi connectivity index (χ1v) is 22.0. The van der Waals surface area contributed by atoms with Crippen molar-refractivity contribution in [1.29, 1.82) is 0 Å². The molecule has 0 radical (unpaired) electrons. The minimum atomic E-state index is -1.47. The van der Waals surface area contributed by atoms with Crippen LogP contribution in [0.4, 0.5) is 0 Å². The van der Waals surface area contributed by atoms with E-state index in [-0.39, 0.29) is 71.9 Å². The van der Waals surface area contributed by atoms with Crippen LogP contribution < -0.4 is 5.32 Å². The molecule has 0 aromatic rings. The van der Waals surface area contributed by atoms with E-state index < -0.39 is 47.6 Å². The number of ether oxygens (including phenoxy) is 3. The molecule has 1 unspecified atom stereocenters. The third-order valence-electron chi connectivity index (χ3n) is 14.5. The Bertz CT molecular complexity index is 1220. The summed E-state index contributed by atoms with van der Waals surface area (Å²) < 4.78 is 20.0. The van der Waals surface area contributed by atoms with E-state index in [1.165, 1.54) is 0 Å². The summed E-state index contributed by atoms with van der Waals surface area (Å²) in [7, 11) is 0. The van der Waals surface area contributed by atoms with Crippen LogP contribution in [0.15, 0.2) is 12.2 Å². The van der Waals surface area contributed by atoms with Crippen LogP contribution >= 0.6 is 0 Å². The fourth-order valence-electron chi connectivity index (χ4n) is 10.3. The molecule has 4 heterocycles. The average molecular weight is 782 g/mol. The second-order valence-electron chi connectivity index (χ2n) is 18.1. The molecule has 11 nitrogen and oxygen atoms in total. The number of hydrogen-bond donors (Lipinski definition) is 5. The van der Waals surface area contributed by atoms with Crippen molar-refractivity contribution in [3.8, 4) is 0 Å². The summed E-state index contributed by atoms with van der Waals surface area (Å²) in [5.74, 6) is -3.05. The van der Waals surface area contributed by atoms with Crippen LogP contribution in [0.1, 0.15) is 140 Å². The van der Waals surface area contributed by atoms with Crippen LogP contribution in [0.2, 0.25) is 0 Å². The SMILES string of the molecule is CCN[C@H]1/C=C\[C@@]2(OOC([C@H](C)[C@H]3CC[C@](O)(CC)[C@H](C)O3)CC1)O[C@H]([C@@H](CC)C(=O)[C@@H](C)[C@@H](O)[C@H](C)[C@@H]1O[C@@H]([C@@H](CC)C(O)O)CC[C@@H]1C)[C@@H](C)C[C@H]2C. The van der Waals surface area contributed by atoms with Gasteiger partial charge in [0.15, 0.2) is 6.29 Å². The fraction of sp³-hybridized carbons (Fsp3) is 0.932. The lowest BCUT2D eigenvalue weighted by atomic mass is 9.73. The predicted octanol–water partition coefficient (Wildman–Crippen LogP) is 6.48. The van der Waals surface area contributed by atoms with Gasteiger partial charge in [-0.1, -0.05) is 75.3 Å². The molecule has 0 aromatic carbocycles. The zero-order chi connectivity index (χ0) is 40.8. The quantitative estimate of drug-likeness (QED) is 0.0704. The highest BCUT2D eigenvalue weighted by atomic mass is 17.2. The minimum absolute atomic E-state index is 0.00287. The first kappa shape index (κ1) is 46.7. The van der Waals surface area contributed by atoms with Crippen molar-refractivity contribution in [2.45, 2.75) is 207 Å². The Morgan fingerprint density at radius 1 is 0.855 bits per heavy atom. The topological polar surface area (TPSA) is 156 Å². The van der Waals surface area contributed by atoms with E-state index in [4.69, 9.17) is 24.0 Å². The van der Waals surface area contributed by atoms with Gasteiger partial charge < -0.3 is 40.0 Å². The summed E-state index contributed by atoms with van der Waals surface area (Å²) >= 11 is 0. The molecular weight excluding hydrogens is 702 g/mol. The summed E-state index contributed by atoms with van der Waals surface area (Å²) in [5, 5.41) is 46.5. The molecule has 5 N–H and O–H groups in total. The molecule has 4 aliphatic heterocycles. The second-order valence-corrected chi connectivity index (χ2v) is 18.1. The predicted molar refractivity (Wildman–Crippen MR) is 213 cm³/mol. The zero-order valence-electron chi connectivity index (χ0n) is 36.0. The number of aliphatic hydroxyl groups excluding tert-OH is 2. The lowest BCUT2D eigenvalue weighted by molar-refractivity contribution is -0.464. The maximum Gasteiger partial charge on any atom is 0.223 e. The first-order chi connectivity index (χ1) is 26.0. The van der Waals surface area contributed by atoms with Crippen LogP contribution in [0, 0.1) is 47.3 Å². The average Bonchev–Trinajstić information content (AvgIpc) is 3.24. The van der Waals surface area contributed by atoms with Crippen molar-refractivity contribution < 1.29 is 49.2 Å². The molecule has 4 aliphatic rings. The first-order valence-electron chi connectivity index (χ1n) is 22.0. The van der Waals surface area contributed by atoms with Gasteiger partial charge in [0.05, 0.1) is 48.3 Å². The van der Waals surface area contributed by atoms with Gasteiger partial charge in [-0.05, 0) is 95.6 Å². The van der Waals surface area contributed by atoms with E-state index in [1.807, 2.05) is 47.6 Å². The smallest absolute Gasteiger partial charge is 0.223 e. The van der Waals surface area contributed by atoms with E-state index in [2.05, 4.69) is 46.0 Å². The van der Waals surface area contributed by atoms with E-state index in [0.717, 1.165) is 45.1 Å². The summed E-state index contributed by atoms with van der Waals surface area (Å²) in [6.07, 6.45) is 7.05. The van der Waals surface area contributed by atoms with Gasteiger partial charge in [-0.15, -0.1) is 0 Å². The Labute approximate surface area is 332 Å². The van der Waals surface area contributed by atoms with Gasteiger partial charge in [0.1, 0.15) is 5.78 Å². The number of hydrogen-bond acceptors (Lipinski definition) is 11. The lowest BCUT2D eigenvalue weighted by Crippen LogP contribution is -2.55. The molecule has 320 valence electrons. The Morgan fingerprint density at radius 3 is 2.15 bits per heavy atom. The standard InChI is InChI=1S/C44H79NO10/c1-12-33(42(48)49)37-18-16-25(5)40(52-37)30(10)38(46)29(9)39(47)34(13-2)41-26(6)24-27(7)44(53-41)23-20-32(45-15-4)17-19-36(54-55-44)28(8)35-21-22-43(50,14-3)31(11)51-35/h20,23,25-38,40-42,45-46,48-50H,12-19,21-22,24H2,1-11H3/b23-20-/t25-,26-,27+,28+,29-,30-,31-,32+,33+,34-,35+,36?,37+,38+,40+,41-,43+,44-/m0/s1. The molecular formula is C44H79NO10. The maximum absolute atomic E-state index is 14.5. The lowest BCUT2D eigenvalue weighted by Gasteiger charge is -2.48. The van der Waals surface area contributed by atoms with Gasteiger partial charge in [-0.2, -0.15) is 4.89 Å². The monoisotopic (exact) mass is 782 g/mol. The number of rotatable bonds is 15. The number of likely N-dealkylation sites (N-methyl/N-ethyl adjacent to an activating group) is 1. The summed E-state index contributed by atoms with van der Waals surface area (Å²) in [4.78, 5) is 27.5. The van der Waals surface area contributed by atoms with Crippen LogP contribution in [-0.4, -0.2) is 99.2 Å². The summed E-state index contributed by atoms with van der Waals surface area (Å²) in [6.45, 7) is 23.1. The Hall–Kier alpha value is -0.990. The highest BCUT2D eigenvalue weighted by molar-refractivity contribution is 5.84. The maximum atomic E-state index is 14.5. The van der Waals surface area contributed by atoms with Crippen molar-refractivity contribution in [1.82, 2.24) is 5.32 Å². The van der Waals surface area contributed by atoms with Crippen LogP contribution in [0.3, 0.4) is 0 Å². The van der Waals surface area contributed by atoms with E-state index in [0.29, 0.717) is 25.7 Å². The number of aliphatic hydroxyl groups is 4. The third kappa shape index (κ3) is 10.6. The molecule has 0 aliphatic carbocycles.